The van der Waals surface area contributed by atoms with E-state index in [0.717, 1.165) is 22.7 Å². The number of aromatic nitrogens is 2. The predicted molar refractivity (Wildman–Crippen MR) is 120 cm³/mol. The van der Waals surface area contributed by atoms with Gasteiger partial charge in [0.1, 0.15) is 17.7 Å². The zero-order valence-electron chi connectivity index (χ0n) is 19.7. The maximum absolute atomic E-state index is 12.9. The highest BCUT2D eigenvalue weighted by atomic mass is 16.5. The molecule has 1 amide bonds. The molecular formula is C25H32N4O2. The summed E-state index contributed by atoms with van der Waals surface area (Å²) in [4.78, 5) is 21.5. The van der Waals surface area contributed by atoms with Crippen LogP contribution in [0.1, 0.15) is 80.3 Å². The fraction of sp³-hybridized carbons (Fsp3) is 0.520. The van der Waals surface area contributed by atoms with Gasteiger partial charge < -0.3 is 10.1 Å². The van der Waals surface area contributed by atoms with Crippen LogP contribution in [0.2, 0.25) is 0 Å². The molecule has 164 valence electrons. The molecule has 0 unspecified atom stereocenters. The van der Waals surface area contributed by atoms with Crippen molar-refractivity contribution in [2.24, 2.45) is 10.8 Å². The van der Waals surface area contributed by atoms with Crippen LogP contribution >= 0.6 is 0 Å². The average molecular weight is 421 g/mol. The first kappa shape index (κ1) is 22.7. The number of amides is 1. The zero-order chi connectivity index (χ0) is 23.1. The number of ether oxygens (including phenoxy) is 1. The summed E-state index contributed by atoms with van der Waals surface area (Å²) >= 11 is 0. The van der Waals surface area contributed by atoms with Gasteiger partial charge in [0.25, 0.3) is 5.91 Å². The summed E-state index contributed by atoms with van der Waals surface area (Å²) in [6.45, 7) is 16.4. The number of rotatable bonds is 5. The summed E-state index contributed by atoms with van der Waals surface area (Å²) in [5.74, 6) is 1.55. The monoisotopic (exact) mass is 420 g/mol. The van der Waals surface area contributed by atoms with Gasteiger partial charge in [-0.25, -0.2) is 9.97 Å². The van der Waals surface area contributed by atoms with E-state index >= 15 is 0 Å². The lowest BCUT2D eigenvalue weighted by atomic mass is 9.49. The Hall–Kier alpha value is -2.94. The van der Waals surface area contributed by atoms with Crippen molar-refractivity contribution >= 4 is 5.91 Å². The van der Waals surface area contributed by atoms with Gasteiger partial charge in [-0.05, 0) is 37.1 Å². The fourth-order valence-electron chi connectivity index (χ4n) is 4.94. The van der Waals surface area contributed by atoms with Gasteiger partial charge in [0.2, 0.25) is 0 Å². The molecule has 0 aliphatic heterocycles. The molecule has 2 aromatic rings. The van der Waals surface area contributed by atoms with Gasteiger partial charge in [0.15, 0.2) is 0 Å². The molecule has 1 heterocycles. The lowest BCUT2D eigenvalue weighted by Gasteiger charge is -2.63. The summed E-state index contributed by atoms with van der Waals surface area (Å²) in [6, 6.07) is 5.81. The van der Waals surface area contributed by atoms with Crippen molar-refractivity contribution in [1.82, 2.24) is 15.3 Å². The van der Waals surface area contributed by atoms with E-state index in [-0.39, 0.29) is 34.8 Å². The molecule has 1 saturated carbocycles. The highest BCUT2D eigenvalue weighted by Crippen LogP contribution is 2.55. The van der Waals surface area contributed by atoms with E-state index in [9.17, 15) is 10.1 Å². The van der Waals surface area contributed by atoms with Crippen LogP contribution in [0.5, 0.6) is 5.75 Å². The fourth-order valence-corrected chi connectivity index (χ4v) is 4.94. The van der Waals surface area contributed by atoms with Gasteiger partial charge in [-0.15, -0.1) is 0 Å². The maximum atomic E-state index is 12.9. The number of benzene rings is 1. The van der Waals surface area contributed by atoms with Crippen molar-refractivity contribution in [3.8, 4) is 11.8 Å². The summed E-state index contributed by atoms with van der Waals surface area (Å²) in [5.41, 5.74) is 2.45. The minimum absolute atomic E-state index is 0.0814. The minimum atomic E-state index is -0.286. The third-order valence-corrected chi connectivity index (χ3v) is 6.67. The van der Waals surface area contributed by atoms with E-state index < -0.39 is 0 Å². The Morgan fingerprint density at radius 2 is 1.68 bits per heavy atom. The van der Waals surface area contributed by atoms with E-state index in [1.165, 1.54) is 0 Å². The maximum Gasteiger partial charge on any atom is 0.254 e. The molecule has 6 heteroatoms. The number of nitriles is 1. The topological polar surface area (TPSA) is 87.9 Å². The molecule has 1 fully saturated rings. The number of carbonyl (C=O) groups is 1. The van der Waals surface area contributed by atoms with Crippen LogP contribution in [0.3, 0.4) is 0 Å². The first-order valence-corrected chi connectivity index (χ1v) is 10.7. The predicted octanol–water partition coefficient (Wildman–Crippen LogP) is 4.70. The number of hydrogen-bond donors (Lipinski definition) is 1. The molecule has 1 aromatic heterocycles. The van der Waals surface area contributed by atoms with Crippen LogP contribution in [0.4, 0.5) is 0 Å². The molecule has 1 aliphatic rings. The standard InChI is InChI=1S/C25H32N4O2/c1-14(2)20-27-12-18(13-28-20)21(30)29-22-24(5,6)23(25(22,7)8)31-19-10-9-17(11-26)15(3)16(19)4/h9-10,12-14,22-23H,1-8H3,(H,29,30). The molecule has 0 bridgehead atoms. The van der Waals surface area contributed by atoms with Crippen LogP contribution in [-0.2, 0) is 0 Å². The number of hydrogen-bond acceptors (Lipinski definition) is 5. The summed E-state index contributed by atoms with van der Waals surface area (Å²) < 4.78 is 6.47. The molecule has 0 radical (unpaired) electrons. The third-order valence-electron chi connectivity index (χ3n) is 6.67. The molecule has 0 spiro atoms. The summed E-state index contributed by atoms with van der Waals surface area (Å²) in [6.07, 6.45) is 3.08. The molecule has 1 N–H and O–H groups in total. The lowest BCUT2D eigenvalue weighted by molar-refractivity contribution is -0.164. The lowest BCUT2D eigenvalue weighted by Crippen LogP contribution is -2.74. The SMILES string of the molecule is Cc1c(C#N)ccc(OC2C(C)(C)C(NC(=O)c3cnc(C(C)C)nc3)C2(C)C)c1C. The van der Waals surface area contributed by atoms with Gasteiger partial charge in [0, 0.05) is 35.2 Å². The molecule has 31 heavy (non-hydrogen) atoms. The van der Waals surface area contributed by atoms with Crippen LogP contribution < -0.4 is 10.1 Å². The minimum Gasteiger partial charge on any atom is -0.489 e. The molecule has 1 aliphatic carbocycles. The Bertz CT molecular complexity index is 1020. The van der Waals surface area contributed by atoms with Crippen LogP contribution in [0, 0.1) is 36.0 Å². The Kier molecular flexibility index (Phi) is 5.84. The molecule has 1 aromatic carbocycles. The van der Waals surface area contributed by atoms with Crippen molar-refractivity contribution in [2.75, 3.05) is 0 Å². The van der Waals surface area contributed by atoms with Gasteiger partial charge in [-0.2, -0.15) is 5.26 Å². The second-order valence-corrected chi connectivity index (χ2v) is 10.0. The van der Waals surface area contributed by atoms with E-state index in [1.54, 1.807) is 18.5 Å². The van der Waals surface area contributed by atoms with Gasteiger partial charge in [0.05, 0.1) is 17.2 Å². The van der Waals surface area contributed by atoms with Crippen molar-refractivity contribution < 1.29 is 9.53 Å². The smallest absolute Gasteiger partial charge is 0.254 e. The van der Waals surface area contributed by atoms with Crippen molar-refractivity contribution in [3.63, 3.8) is 0 Å². The second kappa shape index (κ2) is 7.96. The van der Waals surface area contributed by atoms with Crippen molar-refractivity contribution in [1.29, 1.82) is 5.26 Å². The first-order chi connectivity index (χ1) is 14.4. The van der Waals surface area contributed by atoms with Gasteiger partial charge in [-0.3, -0.25) is 4.79 Å². The number of nitrogens with zero attached hydrogens (tertiary/aromatic N) is 3. The van der Waals surface area contributed by atoms with E-state index in [4.69, 9.17) is 4.74 Å². The van der Waals surface area contributed by atoms with E-state index in [2.05, 4.69) is 49.0 Å². The second-order valence-electron chi connectivity index (χ2n) is 10.0. The quantitative estimate of drug-likeness (QED) is 0.757. The first-order valence-electron chi connectivity index (χ1n) is 10.7. The molecule has 0 saturated heterocycles. The Morgan fingerprint density at radius 3 is 2.19 bits per heavy atom. The average Bonchev–Trinajstić information content (AvgIpc) is 2.72. The molecule has 0 atom stereocenters. The molecule has 3 rings (SSSR count). The zero-order valence-corrected chi connectivity index (χ0v) is 19.7. The Balaban J connectivity index is 1.77. The van der Waals surface area contributed by atoms with E-state index in [0.29, 0.717) is 11.1 Å². The molecule has 6 nitrogen and oxygen atoms in total. The third kappa shape index (κ3) is 3.89. The number of nitrogens with one attached hydrogen (secondary N) is 1. The van der Waals surface area contributed by atoms with Crippen LogP contribution in [-0.4, -0.2) is 28.0 Å². The van der Waals surface area contributed by atoms with Crippen LogP contribution in [0.15, 0.2) is 24.5 Å². The summed E-state index contributed by atoms with van der Waals surface area (Å²) in [5, 5.41) is 12.4. The Morgan fingerprint density at radius 1 is 1.10 bits per heavy atom. The van der Waals surface area contributed by atoms with Crippen molar-refractivity contribution in [2.45, 2.75) is 73.5 Å². The Labute approximate surface area is 185 Å². The van der Waals surface area contributed by atoms with Gasteiger partial charge >= 0.3 is 0 Å². The van der Waals surface area contributed by atoms with Gasteiger partial charge in [-0.1, -0.05) is 41.5 Å². The van der Waals surface area contributed by atoms with Crippen LogP contribution in [0.25, 0.3) is 0 Å². The van der Waals surface area contributed by atoms with Crippen molar-refractivity contribution in [3.05, 3.63) is 52.6 Å². The largest absolute Gasteiger partial charge is 0.489 e. The summed E-state index contributed by atoms with van der Waals surface area (Å²) in [7, 11) is 0. The van der Waals surface area contributed by atoms with E-state index in [1.807, 2.05) is 33.8 Å². The number of carbonyl (C=O) groups excluding carboxylic acids is 1. The highest BCUT2D eigenvalue weighted by molar-refractivity contribution is 5.94. The molecular weight excluding hydrogens is 388 g/mol. The normalized spacial score (nSPS) is 21.2. The highest BCUT2D eigenvalue weighted by Gasteiger charge is 2.64.